The van der Waals surface area contributed by atoms with Crippen molar-refractivity contribution in [2.24, 2.45) is 5.10 Å². The lowest BCUT2D eigenvalue weighted by Gasteiger charge is -2.18. The van der Waals surface area contributed by atoms with E-state index in [1.807, 2.05) is 34.1 Å². The Hall–Kier alpha value is -2.16. The highest BCUT2D eigenvalue weighted by atomic mass is 79.9. The first-order valence-corrected chi connectivity index (χ1v) is 10.2. The highest BCUT2D eigenvalue weighted by Crippen LogP contribution is 2.25. The maximum atomic E-state index is 4.59. The second-order valence-corrected chi connectivity index (χ2v) is 7.78. The predicted molar refractivity (Wildman–Crippen MR) is 113 cm³/mol. The van der Waals surface area contributed by atoms with Gasteiger partial charge in [-0.05, 0) is 51.7 Å². The Balaban J connectivity index is 1.63. The van der Waals surface area contributed by atoms with Gasteiger partial charge in [0.05, 0.1) is 24.0 Å². The van der Waals surface area contributed by atoms with Crippen LogP contribution in [0.5, 0.6) is 0 Å². The molecule has 2 aromatic carbocycles. The number of aryl methyl sites for hydroxylation is 1. The van der Waals surface area contributed by atoms with Crippen molar-refractivity contribution in [2.75, 3.05) is 0 Å². The van der Waals surface area contributed by atoms with Gasteiger partial charge in [-0.3, -0.25) is 5.01 Å². The standard InChI is InChI=1S/C19H18Br2N6/c1-2-14-5-3-4-6-17(14)27-18(21)16(11-22-27)19-23-24-25-26(19)12-13-7-9-15(20)10-8-13/h3-11,24-25H,2,12H2,1H3. The summed E-state index contributed by atoms with van der Waals surface area (Å²) in [6, 6.07) is 16.5. The molecule has 0 spiro atoms. The quantitative estimate of drug-likeness (QED) is 0.565. The van der Waals surface area contributed by atoms with Gasteiger partial charge in [0.15, 0.2) is 5.84 Å². The third-order valence-corrected chi connectivity index (χ3v) is 5.70. The summed E-state index contributed by atoms with van der Waals surface area (Å²) >= 11 is 7.19. The Morgan fingerprint density at radius 1 is 1.04 bits per heavy atom. The lowest BCUT2D eigenvalue weighted by atomic mass is 10.1. The Morgan fingerprint density at radius 3 is 2.59 bits per heavy atom. The molecular weight excluding hydrogens is 472 g/mol. The van der Waals surface area contributed by atoms with Gasteiger partial charge in [-0.15, -0.1) is 10.6 Å². The van der Waals surface area contributed by atoms with E-state index in [1.165, 1.54) is 11.1 Å². The molecule has 138 valence electrons. The van der Waals surface area contributed by atoms with E-state index in [1.54, 1.807) is 0 Å². The van der Waals surface area contributed by atoms with Crippen LogP contribution in [0.25, 0.3) is 5.69 Å². The SMILES string of the molecule is CCc1ccccc1-n1ncc(C2=NNNN2Cc2ccc(Br)cc2)c1Br. The smallest absolute Gasteiger partial charge is 0.177 e. The third kappa shape index (κ3) is 3.65. The molecule has 6 nitrogen and oxygen atoms in total. The molecule has 8 heteroatoms. The van der Waals surface area contributed by atoms with Gasteiger partial charge in [0.1, 0.15) is 4.60 Å². The van der Waals surface area contributed by atoms with E-state index in [2.05, 4.69) is 90.4 Å². The van der Waals surface area contributed by atoms with Crippen molar-refractivity contribution >= 4 is 37.7 Å². The zero-order valence-electron chi connectivity index (χ0n) is 14.7. The molecule has 0 saturated carbocycles. The second kappa shape index (κ2) is 7.84. The molecule has 1 aliphatic heterocycles. The van der Waals surface area contributed by atoms with Gasteiger partial charge in [-0.25, -0.2) is 10.2 Å². The Labute approximate surface area is 174 Å². The summed E-state index contributed by atoms with van der Waals surface area (Å²) in [5, 5.41) is 11.0. The zero-order valence-corrected chi connectivity index (χ0v) is 17.8. The zero-order chi connectivity index (χ0) is 18.8. The molecule has 2 N–H and O–H groups in total. The number of nitrogens with one attached hydrogen (secondary N) is 2. The monoisotopic (exact) mass is 488 g/mol. The van der Waals surface area contributed by atoms with Crippen LogP contribution in [0.1, 0.15) is 23.6 Å². The summed E-state index contributed by atoms with van der Waals surface area (Å²) in [5.41, 5.74) is 10.3. The van der Waals surface area contributed by atoms with Crippen LogP contribution in [0, 0.1) is 0 Å². The van der Waals surface area contributed by atoms with Gasteiger partial charge >= 0.3 is 0 Å². The minimum Gasteiger partial charge on any atom is -0.266 e. The highest BCUT2D eigenvalue weighted by Gasteiger charge is 2.24. The molecule has 3 aromatic rings. The van der Waals surface area contributed by atoms with Crippen molar-refractivity contribution in [3.63, 3.8) is 0 Å². The topological polar surface area (TPSA) is 57.5 Å². The summed E-state index contributed by atoms with van der Waals surface area (Å²) in [5.74, 6) is 0.782. The fourth-order valence-electron chi connectivity index (χ4n) is 3.01. The molecule has 0 aliphatic carbocycles. The van der Waals surface area contributed by atoms with Gasteiger partial charge in [-0.1, -0.05) is 53.2 Å². The molecule has 0 fully saturated rings. The predicted octanol–water partition coefficient (Wildman–Crippen LogP) is 4.15. The van der Waals surface area contributed by atoms with Crippen LogP contribution in [0.4, 0.5) is 0 Å². The van der Waals surface area contributed by atoms with Crippen LogP contribution >= 0.6 is 31.9 Å². The van der Waals surface area contributed by atoms with E-state index in [0.29, 0.717) is 6.54 Å². The van der Waals surface area contributed by atoms with Crippen LogP contribution < -0.4 is 11.1 Å². The average molecular weight is 490 g/mol. The average Bonchev–Trinajstić information content (AvgIpc) is 3.29. The number of benzene rings is 2. The van der Waals surface area contributed by atoms with Gasteiger partial charge < -0.3 is 0 Å². The number of rotatable bonds is 5. The number of para-hydroxylation sites is 1. The fourth-order valence-corrected chi connectivity index (χ4v) is 3.84. The Bertz CT molecular complexity index is 980. The van der Waals surface area contributed by atoms with Gasteiger partial charge in [0, 0.05) is 4.47 Å². The summed E-state index contributed by atoms with van der Waals surface area (Å²) in [4.78, 5) is 0. The van der Waals surface area contributed by atoms with Crippen molar-refractivity contribution in [1.82, 2.24) is 25.9 Å². The lowest BCUT2D eigenvalue weighted by molar-refractivity contribution is 0.288. The van der Waals surface area contributed by atoms with E-state index < -0.39 is 0 Å². The fraction of sp³-hybridized carbons (Fsp3) is 0.158. The van der Waals surface area contributed by atoms with Gasteiger partial charge in [0.2, 0.25) is 0 Å². The van der Waals surface area contributed by atoms with Crippen LogP contribution in [0.2, 0.25) is 0 Å². The first-order chi connectivity index (χ1) is 13.2. The third-order valence-electron chi connectivity index (χ3n) is 4.41. The summed E-state index contributed by atoms with van der Waals surface area (Å²) in [7, 11) is 0. The number of nitrogens with zero attached hydrogens (tertiary/aromatic N) is 4. The van der Waals surface area contributed by atoms with E-state index in [4.69, 9.17) is 0 Å². The summed E-state index contributed by atoms with van der Waals surface area (Å²) in [6.45, 7) is 2.81. The number of hydrazone groups is 1. The minimum atomic E-state index is 0.669. The normalized spacial score (nSPS) is 13.6. The number of halogens is 2. The molecule has 0 unspecified atom stereocenters. The molecule has 0 atom stereocenters. The molecule has 0 amide bonds. The van der Waals surface area contributed by atoms with Gasteiger partial charge in [0.25, 0.3) is 0 Å². The molecular formula is C19H18Br2N6. The number of amidine groups is 1. The van der Waals surface area contributed by atoms with E-state index in [9.17, 15) is 0 Å². The molecule has 1 aromatic heterocycles. The number of hydrogen-bond acceptors (Lipinski definition) is 5. The molecule has 2 heterocycles. The van der Waals surface area contributed by atoms with E-state index in [-0.39, 0.29) is 0 Å². The molecule has 4 rings (SSSR count). The minimum absolute atomic E-state index is 0.669. The molecule has 1 aliphatic rings. The van der Waals surface area contributed by atoms with Crippen molar-refractivity contribution in [3.05, 3.63) is 80.5 Å². The molecule has 0 saturated heterocycles. The second-order valence-electron chi connectivity index (χ2n) is 6.11. The lowest BCUT2D eigenvalue weighted by Crippen LogP contribution is -2.40. The number of hydrazine groups is 2. The van der Waals surface area contributed by atoms with E-state index >= 15 is 0 Å². The molecule has 27 heavy (non-hydrogen) atoms. The Morgan fingerprint density at radius 2 is 1.81 bits per heavy atom. The van der Waals surface area contributed by atoms with Crippen LogP contribution in [-0.4, -0.2) is 20.6 Å². The molecule has 0 radical (unpaired) electrons. The number of aromatic nitrogens is 2. The van der Waals surface area contributed by atoms with Crippen LogP contribution in [0.15, 0.2) is 68.9 Å². The van der Waals surface area contributed by atoms with Gasteiger partial charge in [-0.2, -0.15) is 5.10 Å². The van der Waals surface area contributed by atoms with Crippen LogP contribution in [-0.2, 0) is 13.0 Å². The maximum Gasteiger partial charge on any atom is 0.177 e. The van der Waals surface area contributed by atoms with E-state index in [0.717, 1.165) is 32.6 Å². The number of hydrogen-bond donors (Lipinski definition) is 2. The van der Waals surface area contributed by atoms with Crippen molar-refractivity contribution in [1.29, 1.82) is 0 Å². The molecule has 0 bridgehead atoms. The van der Waals surface area contributed by atoms with Crippen molar-refractivity contribution < 1.29 is 0 Å². The van der Waals surface area contributed by atoms with Crippen LogP contribution in [0.3, 0.4) is 0 Å². The summed E-state index contributed by atoms with van der Waals surface area (Å²) < 4.78 is 3.84. The largest absolute Gasteiger partial charge is 0.266 e. The van der Waals surface area contributed by atoms with Crippen molar-refractivity contribution in [3.8, 4) is 5.69 Å². The first kappa shape index (κ1) is 18.2. The van der Waals surface area contributed by atoms with Crippen molar-refractivity contribution in [2.45, 2.75) is 19.9 Å². The summed E-state index contributed by atoms with van der Waals surface area (Å²) in [6.07, 6.45) is 2.77. The first-order valence-electron chi connectivity index (χ1n) is 8.60. The maximum absolute atomic E-state index is 4.59. The Kier molecular flexibility index (Phi) is 5.29. The highest BCUT2D eigenvalue weighted by molar-refractivity contribution is 9.10.